The van der Waals surface area contributed by atoms with E-state index < -0.39 is 0 Å². The molecule has 6 heteroatoms. The van der Waals surface area contributed by atoms with Crippen LogP contribution in [0.4, 0.5) is 0 Å². The molecule has 0 radical (unpaired) electrons. The number of nitrogens with zero attached hydrogens (tertiary/aromatic N) is 3. The Bertz CT molecular complexity index is 662. The van der Waals surface area contributed by atoms with E-state index in [0.29, 0.717) is 23.5 Å². The maximum absolute atomic E-state index is 13.0. The van der Waals surface area contributed by atoms with Gasteiger partial charge in [-0.15, -0.1) is 0 Å². The number of carbonyl (C=O) groups excluding carboxylic acids is 2. The molecular formula is C18H26N4O2. The number of rotatable bonds is 3. The highest BCUT2D eigenvalue weighted by Gasteiger charge is 2.33. The number of hydrogen-bond acceptors (Lipinski definition) is 3. The maximum atomic E-state index is 13.0. The van der Waals surface area contributed by atoms with Gasteiger partial charge < -0.3 is 14.8 Å². The van der Waals surface area contributed by atoms with Gasteiger partial charge in [0.2, 0.25) is 0 Å². The third-order valence-electron chi connectivity index (χ3n) is 5.38. The van der Waals surface area contributed by atoms with Gasteiger partial charge in [-0.3, -0.25) is 9.59 Å². The molecule has 1 atom stereocenters. The molecule has 2 amide bonds. The SMILES string of the molecule is CC1CCCN(C(=O)c2nc(C(=O)NC3CC3)n3c2CCCC3)C1. The van der Waals surface area contributed by atoms with Crippen molar-refractivity contribution in [2.75, 3.05) is 13.1 Å². The standard InChI is InChI=1S/C18H26N4O2/c1-12-5-4-9-21(11-12)18(24)15-14-6-2-3-10-22(14)16(20-15)17(23)19-13-7-8-13/h12-13H,2-11H2,1H3,(H,19,23). The summed E-state index contributed by atoms with van der Waals surface area (Å²) in [7, 11) is 0. The summed E-state index contributed by atoms with van der Waals surface area (Å²) in [5.41, 5.74) is 1.48. The van der Waals surface area contributed by atoms with Gasteiger partial charge in [-0.1, -0.05) is 6.92 Å². The Morgan fingerprint density at radius 1 is 1.12 bits per heavy atom. The highest BCUT2D eigenvalue weighted by atomic mass is 16.2. The zero-order chi connectivity index (χ0) is 16.7. The number of aromatic nitrogens is 2. The fourth-order valence-electron chi connectivity index (χ4n) is 3.89. The first-order chi connectivity index (χ1) is 11.6. The Hall–Kier alpha value is -1.85. The monoisotopic (exact) mass is 330 g/mol. The van der Waals surface area contributed by atoms with E-state index in [0.717, 1.165) is 63.9 Å². The molecule has 0 aromatic carbocycles. The van der Waals surface area contributed by atoms with Gasteiger partial charge in [-0.05, 0) is 50.9 Å². The van der Waals surface area contributed by atoms with Gasteiger partial charge in [0.05, 0.1) is 5.69 Å². The van der Waals surface area contributed by atoms with Crippen LogP contribution in [0.3, 0.4) is 0 Å². The van der Waals surface area contributed by atoms with Crippen LogP contribution in [0.15, 0.2) is 0 Å². The van der Waals surface area contributed by atoms with Gasteiger partial charge in [-0.25, -0.2) is 4.98 Å². The van der Waals surface area contributed by atoms with Crippen LogP contribution in [0.2, 0.25) is 0 Å². The van der Waals surface area contributed by atoms with Gasteiger partial charge in [-0.2, -0.15) is 0 Å². The number of imidazole rings is 1. The van der Waals surface area contributed by atoms with Crippen molar-refractivity contribution in [1.82, 2.24) is 19.8 Å². The number of carbonyl (C=O) groups is 2. The minimum Gasteiger partial charge on any atom is -0.347 e. The molecule has 0 bridgehead atoms. The molecule has 2 fully saturated rings. The van der Waals surface area contributed by atoms with Crippen molar-refractivity contribution in [3.05, 3.63) is 17.2 Å². The summed E-state index contributed by atoms with van der Waals surface area (Å²) in [5.74, 6) is 0.869. The Balaban J connectivity index is 1.63. The highest BCUT2D eigenvalue weighted by Crippen LogP contribution is 2.25. The molecule has 6 nitrogen and oxygen atoms in total. The fourth-order valence-corrected chi connectivity index (χ4v) is 3.89. The van der Waals surface area contributed by atoms with E-state index in [1.54, 1.807) is 0 Å². The van der Waals surface area contributed by atoms with E-state index >= 15 is 0 Å². The van der Waals surface area contributed by atoms with Crippen LogP contribution in [-0.2, 0) is 13.0 Å². The van der Waals surface area contributed by atoms with Crippen LogP contribution in [0.25, 0.3) is 0 Å². The van der Waals surface area contributed by atoms with E-state index in [2.05, 4.69) is 17.2 Å². The largest absolute Gasteiger partial charge is 0.347 e. The summed E-state index contributed by atoms with van der Waals surface area (Å²) < 4.78 is 1.99. The van der Waals surface area contributed by atoms with Gasteiger partial charge in [0.25, 0.3) is 11.8 Å². The quantitative estimate of drug-likeness (QED) is 0.921. The number of nitrogens with one attached hydrogen (secondary N) is 1. The summed E-state index contributed by atoms with van der Waals surface area (Å²) in [5, 5.41) is 3.01. The Labute approximate surface area is 142 Å². The molecule has 24 heavy (non-hydrogen) atoms. The molecule has 0 spiro atoms. The predicted molar refractivity (Wildman–Crippen MR) is 90.0 cm³/mol. The summed E-state index contributed by atoms with van der Waals surface area (Å²) in [4.78, 5) is 32.0. The number of amides is 2. The van der Waals surface area contributed by atoms with Crippen molar-refractivity contribution in [2.45, 2.75) is 64.5 Å². The fraction of sp³-hybridized carbons (Fsp3) is 0.722. The molecule has 130 valence electrons. The van der Waals surface area contributed by atoms with Gasteiger partial charge in [0, 0.05) is 25.7 Å². The molecule has 1 aromatic rings. The summed E-state index contributed by atoms with van der Waals surface area (Å²) in [6.07, 6.45) is 7.29. The zero-order valence-corrected chi connectivity index (χ0v) is 14.4. The average Bonchev–Trinajstić information content (AvgIpc) is 3.31. The molecule has 1 saturated heterocycles. The molecule has 4 rings (SSSR count). The normalized spacial score (nSPS) is 23.7. The molecule has 1 saturated carbocycles. The lowest BCUT2D eigenvalue weighted by atomic mass is 9.99. The Kier molecular flexibility index (Phi) is 4.06. The topological polar surface area (TPSA) is 67.2 Å². The van der Waals surface area contributed by atoms with E-state index in [1.807, 2.05) is 9.47 Å². The van der Waals surface area contributed by atoms with E-state index in [4.69, 9.17) is 0 Å². The van der Waals surface area contributed by atoms with Crippen molar-refractivity contribution in [1.29, 1.82) is 0 Å². The van der Waals surface area contributed by atoms with Crippen LogP contribution in [0.1, 0.15) is 72.3 Å². The second-order valence-corrected chi connectivity index (χ2v) is 7.59. The second-order valence-electron chi connectivity index (χ2n) is 7.59. The number of hydrogen-bond donors (Lipinski definition) is 1. The maximum Gasteiger partial charge on any atom is 0.287 e. The smallest absolute Gasteiger partial charge is 0.287 e. The summed E-state index contributed by atoms with van der Waals surface area (Å²) >= 11 is 0. The molecule has 1 N–H and O–H groups in total. The lowest BCUT2D eigenvalue weighted by Crippen LogP contribution is -2.39. The molecule has 1 aromatic heterocycles. The van der Waals surface area contributed by atoms with Gasteiger partial charge in [0.1, 0.15) is 5.69 Å². The highest BCUT2D eigenvalue weighted by molar-refractivity contribution is 5.97. The summed E-state index contributed by atoms with van der Waals surface area (Å²) in [6.45, 7) is 4.59. The molecule has 2 aliphatic heterocycles. The lowest BCUT2D eigenvalue weighted by Gasteiger charge is -2.30. The van der Waals surface area contributed by atoms with Crippen molar-refractivity contribution in [2.24, 2.45) is 5.92 Å². The zero-order valence-electron chi connectivity index (χ0n) is 14.4. The average molecular weight is 330 g/mol. The molecule has 1 unspecified atom stereocenters. The molecule has 3 aliphatic rings. The minimum absolute atomic E-state index is 0.0117. The van der Waals surface area contributed by atoms with Crippen LogP contribution >= 0.6 is 0 Å². The molecule has 3 heterocycles. The Morgan fingerprint density at radius 2 is 1.96 bits per heavy atom. The first-order valence-corrected chi connectivity index (χ1v) is 9.33. The lowest BCUT2D eigenvalue weighted by molar-refractivity contribution is 0.0676. The molecule has 1 aliphatic carbocycles. The van der Waals surface area contributed by atoms with Crippen LogP contribution in [0.5, 0.6) is 0 Å². The number of piperidine rings is 1. The number of fused-ring (bicyclic) bond motifs is 1. The van der Waals surface area contributed by atoms with Gasteiger partial charge >= 0.3 is 0 Å². The summed E-state index contributed by atoms with van der Waals surface area (Å²) in [6, 6.07) is 0.302. The van der Waals surface area contributed by atoms with E-state index in [9.17, 15) is 9.59 Å². The van der Waals surface area contributed by atoms with Crippen LogP contribution in [-0.4, -0.2) is 45.4 Å². The van der Waals surface area contributed by atoms with Gasteiger partial charge in [0.15, 0.2) is 5.82 Å². The third kappa shape index (κ3) is 2.94. The third-order valence-corrected chi connectivity index (χ3v) is 5.38. The first kappa shape index (κ1) is 15.7. The molecular weight excluding hydrogens is 304 g/mol. The number of likely N-dealkylation sites (tertiary alicyclic amines) is 1. The van der Waals surface area contributed by atoms with E-state index in [-0.39, 0.29) is 11.8 Å². The Morgan fingerprint density at radius 3 is 2.71 bits per heavy atom. The predicted octanol–water partition coefficient (Wildman–Crippen LogP) is 1.98. The van der Waals surface area contributed by atoms with E-state index in [1.165, 1.54) is 6.42 Å². The van der Waals surface area contributed by atoms with Crippen molar-refractivity contribution in [3.63, 3.8) is 0 Å². The minimum atomic E-state index is -0.119. The van der Waals surface area contributed by atoms with Crippen LogP contribution < -0.4 is 5.32 Å². The first-order valence-electron chi connectivity index (χ1n) is 9.33. The van der Waals surface area contributed by atoms with Crippen LogP contribution in [0, 0.1) is 5.92 Å². The second kappa shape index (κ2) is 6.22. The van der Waals surface area contributed by atoms with Crippen molar-refractivity contribution < 1.29 is 9.59 Å². The van der Waals surface area contributed by atoms with Crippen molar-refractivity contribution in [3.8, 4) is 0 Å². The van der Waals surface area contributed by atoms with Crippen molar-refractivity contribution >= 4 is 11.8 Å².